The molecule has 0 fully saturated rings. The van der Waals surface area contributed by atoms with Crippen LogP contribution >= 0.6 is 0 Å². The third kappa shape index (κ3) is 5.13. The molecule has 0 saturated carbocycles. The van der Waals surface area contributed by atoms with E-state index >= 15 is 0 Å². The summed E-state index contributed by atoms with van der Waals surface area (Å²) in [6.07, 6.45) is 0.798. The molecule has 0 aliphatic carbocycles. The maximum atomic E-state index is 13.3. The second kappa shape index (κ2) is 8.44. The Morgan fingerprint density at radius 3 is 2.63 bits per heavy atom. The van der Waals surface area contributed by atoms with E-state index in [1.165, 1.54) is 6.07 Å². The standard InChI is InChI=1S/C20H20F2N4O/c1-13-10-19(23-9-8-14-4-3-5-16(11-14)27-2)26-20(24-13)25-15-6-7-17(21)18(22)12-15/h3-7,10-12H,8-9H2,1-2H3,(H2,23,24,25,26). The summed E-state index contributed by atoms with van der Waals surface area (Å²) >= 11 is 0. The lowest BCUT2D eigenvalue weighted by atomic mass is 10.1. The Balaban J connectivity index is 1.64. The van der Waals surface area contributed by atoms with Gasteiger partial charge in [-0.15, -0.1) is 0 Å². The van der Waals surface area contributed by atoms with Crippen molar-refractivity contribution in [2.75, 3.05) is 24.3 Å². The molecule has 1 aromatic heterocycles. The van der Waals surface area contributed by atoms with Crippen molar-refractivity contribution in [1.29, 1.82) is 0 Å². The van der Waals surface area contributed by atoms with Crippen molar-refractivity contribution in [1.82, 2.24) is 9.97 Å². The number of halogens is 2. The van der Waals surface area contributed by atoms with E-state index in [1.807, 2.05) is 37.3 Å². The number of nitrogens with zero attached hydrogens (tertiary/aromatic N) is 2. The van der Waals surface area contributed by atoms with Gasteiger partial charge in [-0.3, -0.25) is 0 Å². The first-order chi connectivity index (χ1) is 13.0. The fraction of sp³-hybridized carbons (Fsp3) is 0.200. The zero-order valence-corrected chi connectivity index (χ0v) is 15.1. The molecule has 2 aromatic carbocycles. The first-order valence-electron chi connectivity index (χ1n) is 8.48. The molecule has 140 valence electrons. The summed E-state index contributed by atoms with van der Waals surface area (Å²) in [6.45, 7) is 2.51. The van der Waals surface area contributed by atoms with Gasteiger partial charge < -0.3 is 15.4 Å². The molecule has 27 heavy (non-hydrogen) atoms. The molecule has 3 rings (SSSR count). The molecule has 2 N–H and O–H groups in total. The highest BCUT2D eigenvalue weighted by molar-refractivity contribution is 5.55. The maximum absolute atomic E-state index is 13.3. The number of rotatable bonds is 7. The number of aromatic nitrogens is 2. The Morgan fingerprint density at radius 1 is 1.00 bits per heavy atom. The topological polar surface area (TPSA) is 59.1 Å². The third-order valence-corrected chi connectivity index (χ3v) is 3.88. The molecule has 0 aliphatic rings. The Hall–Kier alpha value is -3.22. The number of anilines is 3. The van der Waals surface area contributed by atoms with E-state index in [0.29, 0.717) is 24.0 Å². The van der Waals surface area contributed by atoms with Crippen LogP contribution in [0.1, 0.15) is 11.3 Å². The number of nitrogens with one attached hydrogen (secondary N) is 2. The summed E-state index contributed by atoms with van der Waals surface area (Å²) < 4.78 is 31.6. The smallest absolute Gasteiger partial charge is 0.229 e. The maximum Gasteiger partial charge on any atom is 0.229 e. The summed E-state index contributed by atoms with van der Waals surface area (Å²) in [6, 6.07) is 13.3. The highest BCUT2D eigenvalue weighted by Gasteiger charge is 2.06. The fourth-order valence-electron chi connectivity index (χ4n) is 2.58. The summed E-state index contributed by atoms with van der Waals surface area (Å²) in [5.41, 5.74) is 2.27. The summed E-state index contributed by atoms with van der Waals surface area (Å²) in [7, 11) is 1.64. The predicted octanol–water partition coefficient (Wildman–Crippen LogP) is 4.47. The lowest BCUT2D eigenvalue weighted by Crippen LogP contribution is -2.09. The van der Waals surface area contributed by atoms with Crippen LogP contribution in [-0.2, 0) is 6.42 Å². The summed E-state index contributed by atoms with van der Waals surface area (Å²) in [5, 5.41) is 6.14. The number of hydrogen-bond donors (Lipinski definition) is 2. The van der Waals surface area contributed by atoms with E-state index in [-0.39, 0.29) is 0 Å². The highest BCUT2D eigenvalue weighted by Crippen LogP contribution is 2.18. The van der Waals surface area contributed by atoms with E-state index in [0.717, 1.165) is 35.6 Å². The molecule has 0 atom stereocenters. The second-order valence-electron chi connectivity index (χ2n) is 6.00. The minimum Gasteiger partial charge on any atom is -0.497 e. The second-order valence-corrected chi connectivity index (χ2v) is 6.00. The Bertz CT molecular complexity index is 934. The van der Waals surface area contributed by atoms with Gasteiger partial charge in [0.2, 0.25) is 5.95 Å². The summed E-state index contributed by atoms with van der Waals surface area (Å²) in [4.78, 5) is 8.65. The molecule has 0 spiro atoms. The number of methoxy groups -OCH3 is 1. The molecule has 0 bridgehead atoms. The van der Waals surface area contributed by atoms with Crippen LogP contribution in [-0.4, -0.2) is 23.6 Å². The lowest BCUT2D eigenvalue weighted by molar-refractivity contribution is 0.414. The van der Waals surface area contributed by atoms with E-state index < -0.39 is 11.6 Å². The fourth-order valence-corrected chi connectivity index (χ4v) is 2.58. The van der Waals surface area contributed by atoms with Crippen molar-refractivity contribution < 1.29 is 13.5 Å². The first-order valence-corrected chi connectivity index (χ1v) is 8.48. The SMILES string of the molecule is COc1cccc(CCNc2cc(C)nc(Nc3ccc(F)c(F)c3)n2)c1. The number of ether oxygens (including phenoxy) is 1. The van der Waals surface area contributed by atoms with E-state index in [1.54, 1.807) is 7.11 Å². The van der Waals surface area contributed by atoms with Gasteiger partial charge in [0.15, 0.2) is 11.6 Å². The average molecular weight is 370 g/mol. The lowest BCUT2D eigenvalue weighted by Gasteiger charge is -2.10. The van der Waals surface area contributed by atoms with Gasteiger partial charge in [-0.1, -0.05) is 12.1 Å². The molecule has 7 heteroatoms. The van der Waals surface area contributed by atoms with Crippen molar-refractivity contribution in [2.45, 2.75) is 13.3 Å². The normalized spacial score (nSPS) is 10.5. The van der Waals surface area contributed by atoms with Crippen LogP contribution < -0.4 is 15.4 Å². The van der Waals surface area contributed by atoms with Crippen molar-refractivity contribution in [3.8, 4) is 5.75 Å². The van der Waals surface area contributed by atoms with Crippen LogP contribution in [0, 0.1) is 18.6 Å². The third-order valence-electron chi connectivity index (χ3n) is 3.88. The van der Waals surface area contributed by atoms with Crippen molar-refractivity contribution in [3.05, 3.63) is 71.4 Å². The number of aryl methyl sites for hydroxylation is 1. The predicted molar refractivity (Wildman–Crippen MR) is 102 cm³/mol. The van der Waals surface area contributed by atoms with E-state index in [4.69, 9.17) is 4.74 Å². The van der Waals surface area contributed by atoms with Crippen molar-refractivity contribution in [3.63, 3.8) is 0 Å². The highest BCUT2D eigenvalue weighted by atomic mass is 19.2. The number of benzene rings is 2. The zero-order chi connectivity index (χ0) is 19.2. The van der Waals surface area contributed by atoms with Gasteiger partial charge in [-0.05, 0) is 43.2 Å². The number of hydrogen-bond acceptors (Lipinski definition) is 5. The van der Waals surface area contributed by atoms with Crippen LogP contribution in [0.2, 0.25) is 0 Å². The Morgan fingerprint density at radius 2 is 1.85 bits per heavy atom. The monoisotopic (exact) mass is 370 g/mol. The van der Waals surface area contributed by atoms with Gasteiger partial charge in [0.25, 0.3) is 0 Å². The quantitative estimate of drug-likeness (QED) is 0.643. The largest absolute Gasteiger partial charge is 0.497 e. The van der Waals surface area contributed by atoms with Gasteiger partial charge in [0.1, 0.15) is 11.6 Å². The van der Waals surface area contributed by atoms with Gasteiger partial charge in [-0.2, -0.15) is 4.98 Å². The van der Waals surface area contributed by atoms with Crippen LogP contribution in [0.25, 0.3) is 0 Å². The minimum atomic E-state index is -0.927. The van der Waals surface area contributed by atoms with Gasteiger partial charge in [-0.25, -0.2) is 13.8 Å². The van der Waals surface area contributed by atoms with E-state index in [2.05, 4.69) is 20.6 Å². The molecular weight excluding hydrogens is 350 g/mol. The van der Waals surface area contributed by atoms with Crippen molar-refractivity contribution in [2.24, 2.45) is 0 Å². The molecule has 3 aromatic rings. The molecule has 0 aliphatic heterocycles. The van der Waals surface area contributed by atoms with E-state index in [9.17, 15) is 8.78 Å². The first kappa shape index (κ1) is 18.6. The van der Waals surface area contributed by atoms with Crippen LogP contribution in [0.3, 0.4) is 0 Å². The Kier molecular flexibility index (Phi) is 5.80. The molecule has 5 nitrogen and oxygen atoms in total. The molecule has 0 saturated heterocycles. The van der Waals surface area contributed by atoms with Crippen LogP contribution in [0.15, 0.2) is 48.5 Å². The molecule has 1 heterocycles. The Labute approximate surface area is 156 Å². The average Bonchev–Trinajstić information content (AvgIpc) is 2.64. The van der Waals surface area contributed by atoms with Crippen LogP contribution in [0.5, 0.6) is 5.75 Å². The molecular formula is C20H20F2N4O. The van der Waals surface area contributed by atoms with Crippen LogP contribution in [0.4, 0.5) is 26.2 Å². The molecule has 0 unspecified atom stereocenters. The van der Waals surface area contributed by atoms with Crippen molar-refractivity contribution >= 4 is 17.5 Å². The van der Waals surface area contributed by atoms with Gasteiger partial charge in [0, 0.05) is 30.1 Å². The zero-order valence-electron chi connectivity index (χ0n) is 15.1. The minimum absolute atomic E-state index is 0.310. The molecule has 0 amide bonds. The van der Waals surface area contributed by atoms with Gasteiger partial charge >= 0.3 is 0 Å². The molecule has 0 radical (unpaired) electrons. The van der Waals surface area contributed by atoms with Gasteiger partial charge in [0.05, 0.1) is 7.11 Å². The summed E-state index contributed by atoms with van der Waals surface area (Å²) in [5.74, 6) is -0.0429.